The lowest BCUT2D eigenvalue weighted by Crippen LogP contribution is -2.22. The molecule has 22 heavy (non-hydrogen) atoms. The zero-order chi connectivity index (χ0) is 16.0. The number of aliphatic hydroxyl groups excluding tert-OH is 1. The second kappa shape index (κ2) is 13.3. The van der Waals surface area contributed by atoms with Gasteiger partial charge in [0.2, 0.25) is 0 Å². The summed E-state index contributed by atoms with van der Waals surface area (Å²) in [6.07, 6.45) is 12.6. The van der Waals surface area contributed by atoms with Gasteiger partial charge in [-0.2, -0.15) is 0 Å². The van der Waals surface area contributed by atoms with Gasteiger partial charge in [-0.25, -0.2) is 0 Å². The molecule has 1 saturated heterocycles. The van der Waals surface area contributed by atoms with Crippen LogP contribution in [-0.4, -0.2) is 43.4 Å². The Morgan fingerprint density at radius 1 is 1.05 bits per heavy atom. The molecule has 1 N–H and O–H groups in total. The Bertz CT molecular complexity index is 245. The van der Waals surface area contributed by atoms with Crippen molar-refractivity contribution in [3.63, 3.8) is 0 Å². The van der Waals surface area contributed by atoms with Crippen molar-refractivity contribution in [2.75, 3.05) is 19.8 Å². The largest absolute Gasteiger partial charge is 0.391 e. The Morgan fingerprint density at radius 2 is 1.68 bits per heavy atom. The third-order valence-corrected chi connectivity index (χ3v) is 4.02. The van der Waals surface area contributed by atoms with E-state index in [1.807, 2.05) is 0 Å². The molecule has 4 heteroatoms. The summed E-state index contributed by atoms with van der Waals surface area (Å²) in [6, 6.07) is 0. The molecule has 1 fully saturated rings. The number of aliphatic hydroxyl groups is 1. The molecule has 1 rings (SSSR count). The molecule has 1 heterocycles. The average Bonchev–Trinajstić information content (AvgIpc) is 2.93. The summed E-state index contributed by atoms with van der Waals surface area (Å²) in [7, 11) is 0. The first-order chi connectivity index (χ1) is 10.7. The molecule has 0 bridgehead atoms. The summed E-state index contributed by atoms with van der Waals surface area (Å²) < 4.78 is 16.8. The fourth-order valence-electron chi connectivity index (χ4n) is 2.74. The second-order valence-electron chi connectivity index (χ2n) is 6.52. The Kier molecular flexibility index (Phi) is 12.0. The Morgan fingerprint density at radius 3 is 2.32 bits per heavy atom. The summed E-state index contributed by atoms with van der Waals surface area (Å²) >= 11 is 0. The van der Waals surface area contributed by atoms with Gasteiger partial charge in [-0.3, -0.25) is 0 Å². The number of ether oxygens (including phenoxy) is 3. The molecule has 0 spiro atoms. The molecule has 3 atom stereocenters. The van der Waals surface area contributed by atoms with E-state index >= 15 is 0 Å². The fourth-order valence-corrected chi connectivity index (χ4v) is 2.74. The van der Waals surface area contributed by atoms with Gasteiger partial charge >= 0.3 is 0 Å². The van der Waals surface area contributed by atoms with Crippen LogP contribution in [0.25, 0.3) is 0 Å². The molecule has 4 nitrogen and oxygen atoms in total. The smallest absolute Gasteiger partial charge is 0.158 e. The third-order valence-electron chi connectivity index (χ3n) is 4.02. The summed E-state index contributed by atoms with van der Waals surface area (Å²) in [6.45, 7) is 5.47. The van der Waals surface area contributed by atoms with Crippen LogP contribution in [0.3, 0.4) is 0 Å². The fraction of sp³-hybridized carbons (Fsp3) is 1.00. The van der Waals surface area contributed by atoms with Crippen LogP contribution in [0.1, 0.15) is 78.1 Å². The number of hydrogen-bond donors (Lipinski definition) is 1. The van der Waals surface area contributed by atoms with E-state index in [1.165, 1.54) is 57.8 Å². The van der Waals surface area contributed by atoms with Gasteiger partial charge in [0.05, 0.1) is 25.9 Å². The van der Waals surface area contributed by atoms with Crippen LogP contribution in [0.4, 0.5) is 0 Å². The van der Waals surface area contributed by atoms with E-state index in [-0.39, 0.29) is 12.4 Å². The molecule has 0 aromatic carbocycles. The van der Waals surface area contributed by atoms with Crippen molar-refractivity contribution in [3.05, 3.63) is 0 Å². The minimum Gasteiger partial charge on any atom is -0.391 e. The quantitative estimate of drug-likeness (QED) is 0.491. The van der Waals surface area contributed by atoms with Gasteiger partial charge in [0.1, 0.15) is 6.10 Å². The maximum Gasteiger partial charge on any atom is 0.158 e. The zero-order valence-corrected chi connectivity index (χ0v) is 14.6. The normalized spacial score (nSPS) is 23.0. The molecular weight excluding hydrogens is 280 g/mol. The van der Waals surface area contributed by atoms with Crippen LogP contribution in [0, 0.1) is 0 Å². The van der Waals surface area contributed by atoms with Crippen molar-refractivity contribution < 1.29 is 19.3 Å². The van der Waals surface area contributed by atoms with E-state index in [4.69, 9.17) is 19.3 Å². The molecule has 3 unspecified atom stereocenters. The number of rotatable bonds is 14. The van der Waals surface area contributed by atoms with Gasteiger partial charge in [0.15, 0.2) is 6.29 Å². The van der Waals surface area contributed by atoms with E-state index in [0.29, 0.717) is 19.8 Å². The van der Waals surface area contributed by atoms with Gasteiger partial charge < -0.3 is 19.3 Å². The van der Waals surface area contributed by atoms with Crippen LogP contribution >= 0.6 is 0 Å². The summed E-state index contributed by atoms with van der Waals surface area (Å²) in [5.41, 5.74) is 0. The Balaban J connectivity index is 1.86. The molecular formula is C18H36O4. The van der Waals surface area contributed by atoms with Crippen molar-refractivity contribution >= 4 is 0 Å². The highest BCUT2D eigenvalue weighted by Crippen LogP contribution is 2.18. The molecule has 0 radical (unpaired) electrons. The highest BCUT2D eigenvalue weighted by molar-refractivity contribution is 4.65. The van der Waals surface area contributed by atoms with Gasteiger partial charge in [0.25, 0.3) is 0 Å². The maximum atomic E-state index is 9.13. The number of unbranched alkanes of at least 4 members (excludes halogenated alkanes) is 8. The Hall–Kier alpha value is -0.160. The topological polar surface area (TPSA) is 47.9 Å². The van der Waals surface area contributed by atoms with E-state index < -0.39 is 6.10 Å². The lowest BCUT2D eigenvalue weighted by atomic mass is 10.1. The molecule has 0 aliphatic carbocycles. The van der Waals surface area contributed by atoms with E-state index in [1.54, 1.807) is 6.92 Å². The first kappa shape index (κ1) is 19.9. The minimum absolute atomic E-state index is 0.0299. The highest BCUT2D eigenvalue weighted by Gasteiger charge is 2.25. The first-order valence-electron chi connectivity index (χ1n) is 9.25. The van der Waals surface area contributed by atoms with Crippen molar-refractivity contribution in [2.45, 2.75) is 96.6 Å². The van der Waals surface area contributed by atoms with Crippen LogP contribution in [-0.2, 0) is 14.2 Å². The molecule has 132 valence electrons. The predicted molar refractivity (Wildman–Crippen MR) is 89.0 cm³/mol. The second-order valence-corrected chi connectivity index (χ2v) is 6.52. The zero-order valence-electron chi connectivity index (χ0n) is 14.6. The summed E-state index contributed by atoms with van der Waals surface area (Å²) in [4.78, 5) is 0. The van der Waals surface area contributed by atoms with Crippen molar-refractivity contribution in [1.82, 2.24) is 0 Å². The highest BCUT2D eigenvalue weighted by atomic mass is 16.7. The van der Waals surface area contributed by atoms with Crippen LogP contribution in [0.5, 0.6) is 0 Å². The van der Waals surface area contributed by atoms with Gasteiger partial charge in [-0.05, 0) is 19.8 Å². The molecule has 0 aromatic rings. The molecule has 0 aromatic heterocycles. The molecule has 1 aliphatic rings. The molecule has 1 aliphatic heterocycles. The standard InChI is InChI=1S/C18H36O4/c1-3-4-5-6-7-8-9-10-11-12-18-21-15-17(22-18)14-20-13-16(2)19/h16-19H,3-15H2,1-2H3. The van der Waals surface area contributed by atoms with E-state index in [0.717, 1.165) is 6.42 Å². The van der Waals surface area contributed by atoms with Crippen LogP contribution in [0.2, 0.25) is 0 Å². The minimum atomic E-state index is -0.417. The van der Waals surface area contributed by atoms with E-state index in [9.17, 15) is 0 Å². The van der Waals surface area contributed by atoms with Gasteiger partial charge in [0, 0.05) is 0 Å². The number of hydrogen-bond acceptors (Lipinski definition) is 4. The predicted octanol–water partition coefficient (Wildman–Crippen LogP) is 4.05. The Labute approximate surface area is 136 Å². The third kappa shape index (κ3) is 10.5. The lowest BCUT2D eigenvalue weighted by molar-refractivity contribution is -0.0797. The molecule has 0 amide bonds. The summed E-state index contributed by atoms with van der Waals surface area (Å²) in [5.74, 6) is 0. The summed E-state index contributed by atoms with van der Waals surface area (Å²) in [5, 5.41) is 9.13. The monoisotopic (exact) mass is 316 g/mol. The maximum absolute atomic E-state index is 9.13. The lowest BCUT2D eigenvalue weighted by Gasteiger charge is -2.12. The van der Waals surface area contributed by atoms with Gasteiger partial charge in [-0.1, -0.05) is 58.3 Å². The first-order valence-corrected chi connectivity index (χ1v) is 9.25. The van der Waals surface area contributed by atoms with E-state index in [2.05, 4.69) is 6.92 Å². The van der Waals surface area contributed by atoms with Crippen molar-refractivity contribution in [1.29, 1.82) is 0 Å². The molecule has 0 saturated carbocycles. The van der Waals surface area contributed by atoms with Crippen LogP contribution < -0.4 is 0 Å². The van der Waals surface area contributed by atoms with Crippen LogP contribution in [0.15, 0.2) is 0 Å². The average molecular weight is 316 g/mol. The SMILES string of the molecule is CCCCCCCCCCCC1OCC(COCC(C)O)O1. The van der Waals surface area contributed by atoms with Gasteiger partial charge in [-0.15, -0.1) is 0 Å². The van der Waals surface area contributed by atoms with Crippen molar-refractivity contribution in [3.8, 4) is 0 Å². The van der Waals surface area contributed by atoms with Crippen molar-refractivity contribution in [2.24, 2.45) is 0 Å².